The maximum Gasteiger partial charge on any atom is 0.159 e. The number of imidazole rings is 1. The van der Waals surface area contributed by atoms with Crippen LogP contribution in [0.3, 0.4) is 0 Å². The molecule has 6 rings (SSSR count). The first kappa shape index (κ1) is 21.1. The highest BCUT2D eigenvalue weighted by molar-refractivity contribution is 5.97. The summed E-state index contributed by atoms with van der Waals surface area (Å²) in [5, 5.41) is 11.9. The van der Waals surface area contributed by atoms with E-state index in [0.717, 1.165) is 46.2 Å². The normalized spacial score (nSPS) is 11.5. The van der Waals surface area contributed by atoms with Crippen molar-refractivity contribution in [3.05, 3.63) is 84.6 Å². The molecule has 2 aromatic carbocycles. The number of fused-ring (bicyclic) bond motifs is 2. The molecule has 0 amide bonds. The Morgan fingerprint density at radius 3 is 2.74 bits per heavy atom. The molecule has 3 N–H and O–H groups in total. The van der Waals surface area contributed by atoms with Crippen molar-refractivity contribution < 1.29 is 4.39 Å². The number of nitrogens with one attached hydrogen (secondary N) is 3. The van der Waals surface area contributed by atoms with Gasteiger partial charge < -0.3 is 10.3 Å². The minimum absolute atomic E-state index is 0.336. The van der Waals surface area contributed by atoms with Crippen LogP contribution in [0.2, 0.25) is 0 Å². The third-order valence-corrected chi connectivity index (χ3v) is 6.02. The summed E-state index contributed by atoms with van der Waals surface area (Å²) in [6.45, 7) is 3.76. The lowest BCUT2D eigenvalue weighted by Crippen LogP contribution is -2.11. The molecule has 0 aliphatic rings. The highest BCUT2D eigenvalue weighted by Gasteiger charge is 2.17. The molecule has 0 saturated carbocycles. The molecule has 0 fully saturated rings. The van der Waals surface area contributed by atoms with E-state index in [2.05, 4.69) is 55.6 Å². The Morgan fingerprint density at radius 1 is 0.943 bits per heavy atom. The fourth-order valence-electron chi connectivity index (χ4n) is 4.28. The smallest absolute Gasteiger partial charge is 0.159 e. The van der Waals surface area contributed by atoms with Gasteiger partial charge in [-0.2, -0.15) is 5.10 Å². The van der Waals surface area contributed by atoms with Gasteiger partial charge in [0.25, 0.3) is 0 Å². The molecule has 0 aliphatic carbocycles. The zero-order valence-electron chi connectivity index (χ0n) is 19.0. The van der Waals surface area contributed by atoms with Gasteiger partial charge in [0.2, 0.25) is 0 Å². The quantitative estimate of drug-likeness (QED) is 0.304. The van der Waals surface area contributed by atoms with Crippen molar-refractivity contribution >= 4 is 21.9 Å². The summed E-state index contributed by atoms with van der Waals surface area (Å²) in [7, 11) is 0. The van der Waals surface area contributed by atoms with Crippen molar-refractivity contribution in [1.82, 2.24) is 35.5 Å². The molecule has 0 saturated heterocycles. The summed E-state index contributed by atoms with van der Waals surface area (Å²) < 4.78 is 14.5. The molecular formula is C27H22FN7. The zero-order chi connectivity index (χ0) is 23.8. The number of halogens is 1. The molecule has 6 aromatic rings. The highest BCUT2D eigenvalue weighted by atomic mass is 19.1. The number of H-pyrrole nitrogens is 2. The molecule has 0 bridgehead atoms. The number of aromatic amines is 2. The molecule has 0 aliphatic heterocycles. The maximum absolute atomic E-state index is 14.5. The first-order chi connectivity index (χ1) is 17.2. The molecule has 8 heteroatoms. The van der Waals surface area contributed by atoms with Crippen molar-refractivity contribution in [3.8, 4) is 33.9 Å². The minimum atomic E-state index is -0.336. The molecule has 35 heavy (non-hydrogen) atoms. The van der Waals surface area contributed by atoms with E-state index in [-0.39, 0.29) is 5.82 Å². The fraction of sp³-hybridized carbons (Fsp3) is 0.111. The van der Waals surface area contributed by atoms with Crippen LogP contribution < -0.4 is 5.32 Å². The molecule has 4 heterocycles. The van der Waals surface area contributed by atoms with Gasteiger partial charge in [0, 0.05) is 41.6 Å². The van der Waals surface area contributed by atoms with Crippen molar-refractivity contribution in [2.24, 2.45) is 0 Å². The van der Waals surface area contributed by atoms with Gasteiger partial charge in [-0.05, 0) is 54.1 Å². The van der Waals surface area contributed by atoms with Crippen LogP contribution >= 0.6 is 0 Å². The van der Waals surface area contributed by atoms with Gasteiger partial charge >= 0.3 is 0 Å². The second kappa shape index (κ2) is 8.73. The van der Waals surface area contributed by atoms with Crippen molar-refractivity contribution in [2.45, 2.75) is 13.5 Å². The molecule has 0 atom stereocenters. The minimum Gasteiger partial charge on any atom is -0.336 e. The molecule has 4 aromatic heterocycles. The van der Waals surface area contributed by atoms with Gasteiger partial charge in [-0.15, -0.1) is 0 Å². The summed E-state index contributed by atoms with van der Waals surface area (Å²) in [4.78, 5) is 17.0. The Labute approximate surface area is 200 Å². The SMILES string of the molecule is CCNCc1cncc(-c2ccc3[nH]nc(-c4nc5c(-c6ccccc6F)nccc5[nH]4)c3c2)c1. The van der Waals surface area contributed by atoms with Crippen LogP contribution in [0.25, 0.3) is 55.8 Å². The van der Waals surface area contributed by atoms with E-state index in [9.17, 15) is 4.39 Å². The standard InChI is InChI=1S/C27H22FN7/c1-2-29-13-16-11-18(15-30-14-16)17-7-8-22-20(12-17)25(35-34-22)27-32-23-9-10-31-24(26(23)33-27)19-5-3-4-6-21(19)28/h3-12,14-15,29H,2,13H2,1H3,(H,32,33)(H,34,35). The van der Waals surface area contributed by atoms with Gasteiger partial charge in [-0.3, -0.25) is 15.1 Å². The number of nitrogens with zero attached hydrogens (tertiary/aromatic N) is 4. The largest absolute Gasteiger partial charge is 0.336 e. The monoisotopic (exact) mass is 463 g/mol. The third kappa shape index (κ3) is 3.83. The Morgan fingerprint density at radius 2 is 1.86 bits per heavy atom. The van der Waals surface area contributed by atoms with E-state index in [1.165, 1.54) is 6.07 Å². The molecule has 7 nitrogen and oxygen atoms in total. The molecule has 0 spiro atoms. The van der Waals surface area contributed by atoms with Crippen molar-refractivity contribution in [1.29, 1.82) is 0 Å². The van der Waals surface area contributed by atoms with E-state index in [1.807, 2.05) is 24.5 Å². The summed E-state index contributed by atoms with van der Waals surface area (Å²) in [6, 6.07) is 16.7. The van der Waals surface area contributed by atoms with Crippen LogP contribution in [0.5, 0.6) is 0 Å². The maximum atomic E-state index is 14.5. The van der Waals surface area contributed by atoms with Crippen molar-refractivity contribution in [3.63, 3.8) is 0 Å². The summed E-state index contributed by atoms with van der Waals surface area (Å²) >= 11 is 0. The second-order valence-corrected chi connectivity index (χ2v) is 8.32. The summed E-state index contributed by atoms with van der Waals surface area (Å²) in [5.74, 6) is 0.255. The second-order valence-electron chi connectivity index (χ2n) is 8.32. The van der Waals surface area contributed by atoms with Crippen LogP contribution in [0.15, 0.2) is 73.2 Å². The molecule has 0 radical (unpaired) electrons. The van der Waals surface area contributed by atoms with Crippen LogP contribution in [0.4, 0.5) is 4.39 Å². The topological polar surface area (TPSA) is 95.2 Å². The third-order valence-electron chi connectivity index (χ3n) is 6.02. The predicted molar refractivity (Wildman–Crippen MR) is 135 cm³/mol. The number of pyridine rings is 2. The number of hydrogen-bond acceptors (Lipinski definition) is 5. The van der Waals surface area contributed by atoms with Gasteiger partial charge in [-0.1, -0.05) is 25.1 Å². The van der Waals surface area contributed by atoms with Gasteiger partial charge in [0.05, 0.1) is 11.0 Å². The lowest BCUT2D eigenvalue weighted by molar-refractivity contribution is 0.631. The number of benzene rings is 2. The Hall–Kier alpha value is -4.43. The van der Waals surface area contributed by atoms with Gasteiger partial charge in [-0.25, -0.2) is 9.37 Å². The number of aromatic nitrogens is 6. The summed E-state index contributed by atoms with van der Waals surface area (Å²) in [6.07, 6.45) is 5.40. The molecular weight excluding hydrogens is 441 g/mol. The van der Waals surface area contributed by atoms with Crippen molar-refractivity contribution in [2.75, 3.05) is 6.54 Å². The lowest BCUT2D eigenvalue weighted by atomic mass is 10.0. The fourth-order valence-corrected chi connectivity index (χ4v) is 4.28. The molecule has 0 unspecified atom stereocenters. The predicted octanol–water partition coefficient (Wildman–Crippen LogP) is 5.48. The van der Waals surface area contributed by atoms with Crippen LogP contribution in [0.1, 0.15) is 12.5 Å². The molecule has 172 valence electrons. The first-order valence-corrected chi connectivity index (χ1v) is 11.4. The Balaban J connectivity index is 1.45. The Kier molecular flexibility index (Phi) is 5.27. The van der Waals surface area contributed by atoms with E-state index in [0.29, 0.717) is 28.3 Å². The highest BCUT2D eigenvalue weighted by Crippen LogP contribution is 2.33. The summed E-state index contributed by atoms with van der Waals surface area (Å²) in [5.41, 5.74) is 7.05. The van der Waals surface area contributed by atoms with E-state index in [4.69, 9.17) is 4.98 Å². The van der Waals surface area contributed by atoms with Gasteiger partial charge in [0.1, 0.15) is 22.7 Å². The van der Waals surface area contributed by atoms with Crippen LogP contribution in [0, 0.1) is 5.82 Å². The number of hydrogen-bond donors (Lipinski definition) is 3. The van der Waals surface area contributed by atoms with E-state index in [1.54, 1.807) is 24.4 Å². The average molecular weight is 464 g/mol. The first-order valence-electron chi connectivity index (χ1n) is 11.4. The van der Waals surface area contributed by atoms with E-state index >= 15 is 0 Å². The zero-order valence-corrected chi connectivity index (χ0v) is 19.0. The van der Waals surface area contributed by atoms with E-state index < -0.39 is 0 Å². The Bertz CT molecular complexity index is 1670. The van der Waals surface area contributed by atoms with Gasteiger partial charge in [0.15, 0.2) is 5.82 Å². The lowest BCUT2D eigenvalue weighted by Gasteiger charge is -2.06. The van der Waals surface area contributed by atoms with Crippen LogP contribution in [-0.2, 0) is 6.54 Å². The number of rotatable bonds is 6. The average Bonchev–Trinajstić information content (AvgIpc) is 3.51. The van der Waals surface area contributed by atoms with Crippen LogP contribution in [-0.4, -0.2) is 36.7 Å².